The third-order valence-electron chi connectivity index (χ3n) is 5.89. The summed E-state index contributed by atoms with van der Waals surface area (Å²) in [6.45, 7) is 4.15. The first-order valence-corrected chi connectivity index (χ1v) is 14.0. The van der Waals surface area contributed by atoms with Gasteiger partial charge in [0, 0.05) is 31.7 Å². The van der Waals surface area contributed by atoms with E-state index in [1.54, 1.807) is 59.5 Å². The highest BCUT2D eigenvalue weighted by atomic mass is 32.2. The number of carbonyl (C=O) groups is 1. The van der Waals surface area contributed by atoms with Crippen molar-refractivity contribution in [1.82, 2.24) is 9.88 Å². The van der Waals surface area contributed by atoms with Crippen molar-refractivity contribution in [2.45, 2.75) is 16.8 Å². The van der Waals surface area contributed by atoms with Crippen LogP contribution in [0, 0.1) is 0 Å². The van der Waals surface area contributed by atoms with Crippen LogP contribution < -0.4 is 9.64 Å². The van der Waals surface area contributed by atoms with Gasteiger partial charge in [0.1, 0.15) is 5.75 Å². The van der Waals surface area contributed by atoms with Crippen molar-refractivity contribution in [1.29, 1.82) is 0 Å². The molecule has 2 aromatic carbocycles. The van der Waals surface area contributed by atoms with Gasteiger partial charge in [-0.25, -0.2) is 8.42 Å². The van der Waals surface area contributed by atoms with Gasteiger partial charge in [0.2, 0.25) is 26.6 Å². The van der Waals surface area contributed by atoms with Crippen LogP contribution in [0.5, 0.6) is 5.75 Å². The maximum absolute atomic E-state index is 13.5. The number of anilines is 1. The van der Waals surface area contributed by atoms with Crippen LogP contribution in [0.1, 0.15) is 17.3 Å². The first-order chi connectivity index (χ1) is 17.5. The summed E-state index contributed by atoms with van der Waals surface area (Å²) < 4.78 is 38.5. The second-order valence-corrected chi connectivity index (χ2v) is 11.0. The van der Waals surface area contributed by atoms with Crippen LogP contribution in [0.3, 0.4) is 0 Å². The van der Waals surface area contributed by atoms with Crippen LogP contribution >= 0.6 is 11.3 Å². The van der Waals surface area contributed by atoms with Gasteiger partial charge >= 0.3 is 0 Å². The molecular weight excluding hydrogens is 498 g/mol. The van der Waals surface area contributed by atoms with Gasteiger partial charge in [-0.1, -0.05) is 24.3 Å². The number of thiophene rings is 1. The maximum atomic E-state index is 13.5. The Morgan fingerprint density at radius 3 is 2.36 bits per heavy atom. The van der Waals surface area contributed by atoms with Crippen molar-refractivity contribution in [2.24, 2.45) is 0 Å². The van der Waals surface area contributed by atoms with Crippen LogP contribution in [0.25, 0.3) is 10.8 Å². The number of carbonyl (C=O) groups excluding carboxylic acids is 1. The molecule has 2 aromatic heterocycles. The number of oxazole rings is 1. The Bertz CT molecular complexity index is 1420. The molecule has 0 radical (unpaired) electrons. The summed E-state index contributed by atoms with van der Waals surface area (Å²) in [5, 5.41) is 1.78. The number of benzene rings is 2. The van der Waals surface area contributed by atoms with E-state index in [1.807, 2.05) is 29.3 Å². The molecule has 1 saturated heterocycles. The first-order valence-electron chi connectivity index (χ1n) is 11.6. The molecule has 8 nitrogen and oxygen atoms in total. The quantitative estimate of drug-likeness (QED) is 0.350. The van der Waals surface area contributed by atoms with Crippen molar-refractivity contribution < 1.29 is 22.4 Å². The minimum Gasteiger partial charge on any atom is -0.494 e. The molecule has 3 heterocycles. The predicted octanol–water partition coefficient (Wildman–Crippen LogP) is 4.60. The SMILES string of the molecule is CCOc1ccc(C(=O)N2CCN(c3oc(-c4cccs4)nc3S(=O)(=O)c3ccccc3)CC2)cc1. The monoisotopic (exact) mass is 523 g/mol. The van der Waals surface area contributed by atoms with E-state index in [1.165, 1.54) is 11.3 Å². The molecule has 1 aliphatic rings. The fourth-order valence-corrected chi connectivity index (χ4v) is 6.04. The molecule has 5 rings (SSSR count). The summed E-state index contributed by atoms with van der Waals surface area (Å²) in [6.07, 6.45) is 0. The van der Waals surface area contributed by atoms with Gasteiger partial charge < -0.3 is 19.0 Å². The normalized spacial score (nSPS) is 14.1. The molecule has 0 spiro atoms. The number of rotatable bonds is 7. The fraction of sp³-hybridized carbons (Fsp3) is 0.231. The molecule has 0 saturated carbocycles. The summed E-state index contributed by atoms with van der Waals surface area (Å²) in [5.41, 5.74) is 0.582. The lowest BCUT2D eigenvalue weighted by Gasteiger charge is -2.34. The van der Waals surface area contributed by atoms with Crippen molar-refractivity contribution >= 4 is 33.0 Å². The third kappa shape index (κ3) is 4.74. The van der Waals surface area contributed by atoms with Crippen molar-refractivity contribution in [3.63, 3.8) is 0 Å². The molecule has 0 bridgehead atoms. The summed E-state index contributed by atoms with van der Waals surface area (Å²) in [7, 11) is -3.91. The zero-order valence-electron chi connectivity index (χ0n) is 19.7. The standard InChI is InChI=1S/C26H25N3O5S2/c1-2-33-20-12-10-19(11-13-20)25(30)28-14-16-29(17-15-28)26-24(27-23(34-26)22-9-6-18-35-22)36(31,32)21-7-4-3-5-8-21/h3-13,18H,2,14-17H2,1H3. The predicted molar refractivity (Wildman–Crippen MR) is 137 cm³/mol. The zero-order chi connectivity index (χ0) is 25.1. The molecule has 0 unspecified atom stereocenters. The van der Waals surface area contributed by atoms with Gasteiger partial charge in [-0.2, -0.15) is 4.98 Å². The van der Waals surface area contributed by atoms with E-state index >= 15 is 0 Å². The molecule has 1 fully saturated rings. The van der Waals surface area contributed by atoms with E-state index in [-0.39, 0.29) is 27.6 Å². The van der Waals surface area contributed by atoms with Gasteiger partial charge in [0.05, 0.1) is 16.4 Å². The fourth-order valence-electron chi connectivity index (χ4n) is 4.05. The number of hydrogen-bond donors (Lipinski definition) is 0. The van der Waals surface area contributed by atoms with E-state index in [0.717, 1.165) is 10.6 Å². The Labute approximate surface area is 213 Å². The maximum Gasteiger partial charge on any atom is 0.253 e. The van der Waals surface area contributed by atoms with E-state index in [0.29, 0.717) is 38.3 Å². The highest BCUT2D eigenvalue weighted by Gasteiger charge is 2.33. The van der Waals surface area contributed by atoms with Crippen molar-refractivity contribution in [2.75, 3.05) is 37.7 Å². The molecule has 1 aliphatic heterocycles. The summed E-state index contributed by atoms with van der Waals surface area (Å²) in [5.74, 6) is 1.11. The first kappa shape index (κ1) is 24.1. The van der Waals surface area contributed by atoms with Crippen LogP contribution in [-0.4, -0.2) is 57.0 Å². The number of nitrogens with zero attached hydrogens (tertiary/aromatic N) is 3. The molecule has 10 heteroatoms. The Balaban J connectivity index is 1.39. The largest absolute Gasteiger partial charge is 0.494 e. The molecular formula is C26H25N3O5S2. The molecule has 0 aliphatic carbocycles. The lowest BCUT2D eigenvalue weighted by Crippen LogP contribution is -2.49. The number of piperazine rings is 1. The van der Waals surface area contributed by atoms with E-state index in [4.69, 9.17) is 9.15 Å². The molecule has 186 valence electrons. The summed E-state index contributed by atoms with van der Waals surface area (Å²) in [6, 6.07) is 19.0. The average Bonchev–Trinajstić information content (AvgIpc) is 3.60. The minimum absolute atomic E-state index is 0.0772. The number of hydrogen-bond acceptors (Lipinski definition) is 8. The van der Waals surface area contributed by atoms with Crippen molar-refractivity contribution in [3.8, 4) is 16.5 Å². The highest BCUT2D eigenvalue weighted by Crippen LogP contribution is 2.36. The number of ether oxygens (including phenoxy) is 1. The molecule has 1 amide bonds. The molecule has 0 atom stereocenters. The Hall–Kier alpha value is -3.63. The second-order valence-electron chi connectivity index (χ2n) is 8.16. The molecule has 0 N–H and O–H groups in total. The van der Waals surface area contributed by atoms with Gasteiger partial charge in [-0.05, 0) is 54.8 Å². The second kappa shape index (κ2) is 10.2. The lowest BCUT2D eigenvalue weighted by molar-refractivity contribution is 0.0745. The lowest BCUT2D eigenvalue weighted by atomic mass is 10.1. The Kier molecular flexibility index (Phi) is 6.80. The van der Waals surface area contributed by atoms with E-state index in [9.17, 15) is 13.2 Å². The Morgan fingerprint density at radius 2 is 1.72 bits per heavy atom. The topological polar surface area (TPSA) is 92.9 Å². The zero-order valence-corrected chi connectivity index (χ0v) is 21.3. The molecule has 4 aromatic rings. The highest BCUT2D eigenvalue weighted by molar-refractivity contribution is 7.91. The van der Waals surface area contributed by atoms with Gasteiger partial charge in [0.15, 0.2) is 0 Å². The number of aromatic nitrogens is 1. The van der Waals surface area contributed by atoms with Crippen LogP contribution in [-0.2, 0) is 9.84 Å². The number of amides is 1. The molecule has 36 heavy (non-hydrogen) atoms. The van der Waals surface area contributed by atoms with Crippen LogP contribution in [0.4, 0.5) is 5.88 Å². The van der Waals surface area contributed by atoms with E-state index < -0.39 is 9.84 Å². The van der Waals surface area contributed by atoms with Crippen LogP contribution in [0.15, 0.2) is 86.4 Å². The van der Waals surface area contributed by atoms with Gasteiger partial charge in [-0.15, -0.1) is 11.3 Å². The average molecular weight is 524 g/mol. The smallest absolute Gasteiger partial charge is 0.253 e. The minimum atomic E-state index is -3.91. The van der Waals surface area contributed by atoms with Gasteiger partial charge in [-0.3, -0.25) is 4.79 Å². The van der Waals surface area contributed by atoms with E-state index in [2.05, 4.69) is 4.98 Å². The number of sulfone groups is 1. The van der Waals surface area contributed by atoms with Gasteiger partial charge in [0.25, 0.3) is 5.91 Å². The third-order valence-corrected chi connectivity index (χ3v) is 8.41. The summed E-state index contributed by atoms with van der Waals surface area (Å²) in [4.78, 5) is 21.9. The van der Waals surface area contributed by atoms with Crippen LogP contribution in [0.2, 0.25) is 0 Å². The Morgan fingerprint density at radius 1 is 1.00 bits per heavy atom. The van der Waals surface area contributed by atoms with Crippen molar-refractivity contribution in [3.05, 3.63) is 77.7 Å². The summed E-state index contributed by atoms with van der Waals surface area (Å²) >= 11 is 1.43.